The van der Waals surface area contributed by atoms with Crippen molar-refractivity contribution in [3.05, 3.63) is 48.7 Å². The van der Waals surface area contributed by atoms with E-state index in [1.54, 1.807) is 23.1 Å². The molecule has 8 rings (SSSR count). The van der Waals surface area contributed by atoms with Crippen LogP contribution in [0.3, 0.4) is 0 Å². The number of hydrogen-bond acceptors (Lipinski definition) is 7. The van der Waals surface area contributed by atoms with Gasteiger partial charge in [0.1, 0.15) is 23.7 Å². The molecule has 0 bridgehead atoms. The van der Waals surface area contributed by atoms with E-state index in [2.05, 4.69) is 46.1 Å². The van der Waals surface area contributed by atoms with Crippen molar-refractivity contribution in [1.82, 2.24) is 34.9 Å². The van der Waals surface area contributed by atoms with Gasteiger partial charge in [0, 0.05) is 48.2 Å². The van der Waals surface area contributed by atoms with Gasteiger partial charge in [-0.05, 0) is 110 Å². The zero-order valence-corrected chi connectivity index (χ0v) is 37.3. The first-order valence-corrected chi connectivity index (χ1v) is 24.0. The van der Waals surface area contributed by atoms with Gasteiger partial charge in [-0.15, -0.1) is 6.58 Å². The minimum absolute atomic E-state index is 0.0230. The maximum atomic E-state index is 15.3. The predicted molar refractivity (Wildman–Crippen MR) is 232 cm³/mol. The number of carbonyl (C=O) groups is 5. The van der Waals surface area contributed by atoms with Gasteiger partial charge in [-0.25, -0.2) is 4.72 Å². The molecule has 5 N–H and O–H groups in total. The number of fused-ring (bicyclic) bond motifs is 2. The number of aromatic nitrogens is 1. The Balaban J connectivity index is 1.07. The summed E-state index contributed by atoms with van der Waals surface area (Å²) in [6, 6.07) is 4.35. The van der Waals surface area contributed by atoms with Gasteiger partial charge >= 0.3 is 10.2 Å². The van der Waals surface area contributed by atoms with Crippen molar-refractivity contribution in [2.45, 2.75) is 135 Å². The number of carbonyl (C=O) groups excluding carboxylic acids is 5. The van der Waals surface area contributed by atoms with Crippen LogP contribution in [0.2, 0.25) is 0 Å². The summed E-state index contributed by atoms with van der Waals surface area (Å²) in [5.41, 5.74) is -1.15. The molecule has 0 radical (unpaired) electrons. The Morgan fingerprint density at radius 2 is 1.64 bits per heavy atom. The van der Waals surface area contributed by atoms with Gasteiger partial charge in [0.05, 0.1) is 0 Å². The molecule has 14 nitrogen and oxygen atoms in total. The lowest BCUT2D eigenvalue weighted by Gasteiger charge is -2.51. The smallest absolute Gasteiger partial charge is 0.303 e. The molecule has 2 saturated heterocycles. The van der Waals surface area contributed by atoms with Gasteiger partial charge in [0.2, 0.25) is 17.7 Å². The van der Waals surface area contributed by atoms with Gasteiger partial charge < -0.3 is 25.8 Å². The third-order valence-corrected chi connectivity index (χ3v) is 17.5. The number of hydrogen-bond donors (Lipinski definition) is 5. The molecule has 1 aromatic heterocycles. The van der Waals surface area contributed by atoms with Crippen LogP contribution in [0.5, 0.6) is 0 Å². The van der Waals surface area contributed by atoms with Crippen LogP contribution in [0, 0.1) is 39.9 Å². The van der Waals surface area contributed by atoms with E-state index >= 15 is 4.79 Å². The Hall–Kier alpha value is -4.24. The summed E-state index contributed by atoms with van der Waals surface area (Å²) in [6.45, 7) is 15.0. The second-order valence-electron chi connectivity index (χ2n) is 20.8. The summed E-state index contributed by atoms with van der Waals surface area (Å²) in [5.74, 6) is -3.37. The highest BCUT2D eigenvalue weighted by atomic mass is 32.2. The molecular formula is C46H65N7O7S. The first-order chi connectivity index (χ1) is 28.8. The van der Waals surface area contributed by atoms with E-state index in [1.807, 2.05) is 39.1 Å². The number of likely N-dealkylation sites (tertiary alicyclic amines) is 1. The highest BCUT2D eigenvalue weighted by molar-refractivity contribution is 7.87. The van der Waals surface area contributed by atoms with Crippen LogP contribution >= 0.6 is 0 Å². The Morgan fingerprint density at radius 1 is 0.934 bits per heavy atom. The number of benzene rings is 1. The van der Waals surface area contributed by atoms with E-state index in [4.69, 9.17) is 0 Å². The number of H-pyrrole nitrogens is 1. The summed E-state index contributed by atoms with van der Waals surface area (Å²) in [4.78, 5) is 77.5. The van der Waals surface area contributed by atoms with Crippen LogP contribution in [0.15, 0.2) is 43.1 Å². The van der Waals surface area contributed by atoms with Crippen LogP contribution in [0.25, 0.3) is 10.9 Å². The maximum absolute atomic E-state index is 15.3. The van der Waals surface area contributed by atoms with Crippen LogP contribution in [-0.4, -0.2) is 95.4 Å². The highest BCUT2D eigenvalue weighted by Crippen LogP contribution is 2.69. The standard InChI is InChI=1S/C46H65N7O7S/c1-7-31-25-46(31,42(58)51-61(59,60)52-22-11-12-23-52)50-40(56)36-32-26-45(19-13-20-45)44(5,6)33(32)27-53(36)41(57)37(43(2,3)4)49-39(55)35(28-14-9-8-10-15-28)48-38(54)30-16-17-34-29(24-30)18-21-47-34/h7,16-18,21,24,28,31-33,35-37,47H,1,8-15,19-20,22-23,25-27H2,2-6H3,(H,48,54)(H,49,55)(H,50,56)(H,51,58)/t31-,32?,33?,35+,36+,37-,46-/m1/s1. The normalized spacial score (nSPS) is 29.3. The minimum Gasteiger partial charge on any atom is -0.361 e. The Morgan fingerprint density at radius 3 is 2.26 bits per heavy atom. The molecule has 332 valence electrons. The molecule has 2 unspecified atom stereocenters. The van der Waals surface area contributed by atoms with Crippen molar-refractivity contribution in [2.24, 2.45) is 39.9 Å². The molecule has 7 atom stereocenters. The number of amides is 5. The lowest BCUT2D eigenvalue weighted by molar-refractivity contribution is -0.146. The van der Waals surface area contributed by atoms with Crippen molar-refractivity contribution in [2.75, 3.05) is 19.6 Å². The van der Waals surface area contributed by atoms with Crippen molar-refractivity contribution in [3.63, 3.8) is 0 Å². The van der Waals surface area contributed by atoms with Gasteiger partial charge in [-0.1, -0.05) is 66.4 Å². The highest BCUT2D eigenvalue weighted by Gasteiger charge is 2.68. The average molecular weight is 860 g/mol. The summed E-state index contributed by atoms with van der Waals surface area (Å²) >= 11 is 0. The minimum atomic E-state index is -4.12. The molecule has 1 spiro atoms. The second-order valence-corrected chi connectivity index (χ2v) is 22.4. The van der Waals surface area contributed by atoms with Crippen molar-refractivity contribution >= 4 is 50.6 Å². The van der Waals surface area contributed by atoms with E-state index < -0.39 is 68.8 Å². The Bertz CT molecular complexity index is 2200. The first kappa shape index (κ1) is 43.4. The second kappa shape index (κ2) is 15.8. The van der Waals surface area contributed by atoms with Crippen molar-refractivity contribution < 1.29 is 32.4 Å². The van der Waals surface area contributed by atoms with E-state index in [1.165, 1.54) is 4.31 Å². The predicted octanol–water partition coefficient (Wildman–Crippen LogP) is 4.94. The fraction of sp³-hybridized carbons (Fsp3) is 0.674. The average Bonchev–Trinajstić information content (AvgIpc) is 3.72. The van der Waals surface area contributed by atoms with Crippen molar-refractivity contribution in [1.29, 1.82) is 0 Å². The first-order valence-electron chi connectivity index (χ1n) is 22.6. The monoisotopic (exact) mass is 859 g/mol. The quantitative estimate of drug-likeness (QED) is 0.187. The maximum Gasteiger partial charge on any atom is 0.303 e. The van der Waals surface area contributed by atoms with E-state index in [0.717, 1.165) is 68.7 Å². The molecule has 6 aliphatic rings. The molecule has 2 aliphatic heterocycles. The molecule has 2 aromatic rings. The zero-order valence-electron chi connectivity index (χ0n) is 36.5. The molecule has 15 heteroatoms. The molecular weight excluding hydrogens is 795 g/mol. The van der Waals surface area contributed by atoms with Crippen LogP contribution < -0.4 is 20.7 Å². The van der Waals surface area contributed by atoms with Gasteiger partial charge in [0.15, 0.2) is 0 Å². The van der Waals surface area contributed by atoms with Crippen molar-refractivity contribution in [3.8, 4) is 0 Å². The Labute approximate surface area is 360 Å². The number of aromatic amines is 1. The topological polar surface area (TPSA) is 190 Å². The summed E-state index contributed by atoms with van der Waals surface area (Å²) in [5, 5.41) is 10.1. The van der Waals surface area contributed by atoms with Crippen LogP contribution in [0.1, 0.15) is 122 Å². The molecule has 1 aromatic carbocycles. The fourth-order valence-electron chi connectivity index (χ4n) is 11.9. The number of nitrogens with zero attached hydrogens (tertiary/aromatic N) is 2. The largest absolute Gasteiger partial charge is 0.361 e. The Kier molecular flexibility index (Phi) is 11.3. The molecule has 4 saturated carbocycles. The number of nitrogens with one attached hydrogen (secondary N) is 5. The molecule has 3 heterocycles. The SMILES string of the molecule is C=C[C@@H]1C[C@]1(NC(=O)[C@@H]1C2CC3(CCC3)C(C)(C)C2CN1C(=O)[C@@H](NC(=O)[C@@H](NC(=O)c1ccc2[nH]ccc2c1)C1CCCCC1)C(C)(C)C)C(=O)NS(=O)(=O)N1CCCC1. The van der Waals surface area contributed by atoms with Gasteiger partial charge in [0.25, 0.3) is 11.8 Å². The van der Waals surface area contributed by atoms with E-state index in [-0.39, 0.29) is 40.9 Å². The molecule has 6 fully saturated rings. The summed E-state index contributed by atoms with van der Waals surface area (Å²) in [6.07, 6.45) is 13.3. The lowest BCUT2D eigenvalue weighted by Crippen LogP contribution is -2.63. The summed E-state index contributed by atoms with van der Waals surface area (Å²) in [7, 11) is -4.12. The summed E-state index contributed by atoms with van der Waals surface area (Å²) < 4.78 is 30.0. The third-order valence-electron chi connectivity index (χ3n) is 16.0. The van der Waals surface area contributed by atoms with E-state index in [9.17, 15) is 27.6 Å². The number of rotatable bonds is 12. The van der Waals surface area contributed by atoms with Gasteiger partial charge in [-0.2, -0.15) is 12.7 Å². The third kappa shape index (κ3) is 7.69. The zero-order chi connectivity index (χ0) is 43.7. The fourth-order valence-corrected chi connectivity index (χ4v) is 13.2. The van der Waals surface area contributed by atoms with Crippen LogP contribution in [0.4, 0.5) is 0 Å². The van der Waals surface area contributed by atoms with E-state index in [0.29, 0.717) is 38.0 Å². The van der Waals surface area contributed by atoms with Gasteiger partial charge in [-0.3, -0.25) is 24.0 Å². The molecule has 4 aliphatic carbocycles. The molecule has 5 amide bonds. The van der Waals surface area contributed by atoms with Crippen LogP contribution in [-0.2, 0) is 29.4 Å². The molecule has 61 heavy (non-hydrogen) atoms. The lowest BCUT2D eigenvalue weighted by atomic mass is 9.54.